The monoisotopic (exact) mass is 734 g/mol. The van der Waals surface area contributed by atoms with Gasteiger partial charge in [0.2, 0.25) is 0 Å². The van der Waals surface area contributed by atoms with Gasteiger partial charge in [0.1, 0.15) is 5.75 Å². The molecule has 0 radical (unpaired) electrons. The van der Waals surface area contributed by atoms with E-state index in [2.05, 4.69) is 91.9 Å². The first-order valence-corrected chi connectivity index (χ1v) is 15.5. The van der Waals surface area contributed by atoms with Crippen LogP contribution in [0.3, 0.4) is 0 Å². The second-order valence-corrected chi connectivity index (χ2v) is 12.8. The van der Waals surface area contributed by atoms with Crippen molar-refractivity contribution in [2.45, 2.75) is 69.6 Å². The van der Waals surface area contributed by atoms with E-state index in [1.807, 2.05) is 0 Å². The van der Waals surface area contributed by atoms with Gasteiger partial charge in [0.25, 0.3) is 0 Å². The lowest BCUT2D eigenvalue weighted by atomic mass is 9.98. The van der Waals surface area contributed by atoms with Crippen LogP contribution in [0.2, 0.25) is 0 Å². The topological polar surface area (TPSA) is 66.4 Å². The second-order valence-electron chi connectivity index (χ2n) is 9.37. The lowest BCUT2D eigenvalue weighted by Gasteiger charge is -2.39. The molecule has 0 atom stereocenters. The molecule has 0 aliphatic rings. The van der Waals surface area contributed by atoms with Crippen molar-refractivity contribution in [3.05, 3.63) is 84.9 Å². The van der Waals surface area contributed by atoms with Gasteiger partial charge in [0.05, 0.1) is 17.5 Å². The van der Waals surface area contributed by atoms with E-state index in [0.29, 0.717) is 0 Å². The average Bonchev–Trinajstić information content (AvgIpc) is 2.98. The first kappa shape index (κ1) is 40.0. The molecule has 4 nitrogen and oxygen atoms in total. The SMILES string of the molecule is CCCCOc1ccc([S+](c2ccccc2)c2ccccc2)cc1.O=S(=O)([O-])C(F)(F)C(F)(F)C(F)(F)C(F)(F)C(F)(F)C(F)(F)F. The normalized spacial score (nSPS) is 13.6. The molecule has 3 rings (SSSR count). The van der Waals surface area contributed by atoms with Gasteiger partial charge in [-0.25, -0.2) is 8.42 Å². The van der Waals surface area contributed by atoms with Crippen LogP contribution in [0.5, 0.6) is 5.75 Å². The maximum Gasteiger partial charge on any atom is 0.460 e. The van der Waals surface area contributed by atoms with Crippen LogP contribution in [0, 0.1) is 0 Å². The second kappa shape index (κ2) is 14.5. The molecule has 0 fully saturated rings. The molecule has 0 aliphatic heterocycles. The van der Waals surface area contributed by atoms with Crippen molar-refractivity contribution in [2.24, 2.45) is 0 Å². The predicted molar refractivity (Wildman–Crippen MR) is 142 cm³/mol. The molecular formula is C28H23F13O4S2. The van der Waals surface area contributed by atoms with Gasteiger partial charge in [-0.3, -0.25) is 0 Å². The zero-order valence-corrected chi connectivity index (χ0v) is 25.2. The highest BCUT2D eigenvalue weighted by Gasteiger charge is 2.91. The Morgan fingerprint density at radius 1 is 0.596 bits per heavy atom. The van der Waals surface area contributed by atoms with Crippen LogP contribution in [0.4, 0.5) is 57.1 Å². The van der Waals surface area contributed by atoms with Gasteiger partial charge >= 0.3 is 35.1 Å². The Labute approximate surface area is 262 Å². The highest BCUT2D eigenvalue weighted by Crippen LogP contribution is 2.60. The summed E-state index contributed by atoms with van der Waals surface area (Å²) in [5.41, 5.74) is 0. The number of halogens is 13. The lowest BCUT2D eigenvalue weighted by Crippen LogP contribution is -2.71. The Bertz CT molecular complexity index is 1490. The molecule has 19 heteroatoms. The Kier molecular flexibility index (Phi) is 12.3. The minimum Gasteiger partial charge on any atom is -0.743 e. The maximum absolute atomic E-state index is 12.7. The van der Waals surface area contributed by atoms with Crippen molar-refractivity contribution in [3.8, 4) is 5.75 Å². The van der Waals surface area contributed by atoms with E-state index in [1.165, 1.54) is 14.7 Å². The summed E-state index contributed by atoms with van der Waals surface area (Å²) in [6.07, 6.45) is -5.36. The Morgan fingerprint density at radius 2 is 0.979 bits per heavy atom. The number of unbranched alkanes of at least 4 members (excludes halogenated alkanes) is 1. The third kappa shape index (κ3) is 8.10. The summed E-state index contributed by atoms with van der Waals surface area (Å²) >= 11 is 0. The van der Waals surface area contributed by atoms with Gasteiger partial charge in [-0.05, 0) is 55.0 Å². The molecule has 0 saturated heterocycles. The van der Waals surface area contributed by atoms with E-state index in [-0.39, 0.29) is 10.9 Å². The third-order valence-corrected chi connectivity index (χ3v) is 9.12. The van der Waals surface area contributed by atoms with E-state index < -0.39 is 45.2 Å². The van der Waals surface area contributed by atoms with Crippen LogP contribution in [-0.2, 0) is 21.0 Å². The van der Waals surface area contributed by atoms with Gasteiger partial charge in [-0.1, -0.05) is 49.7 Å². The predicted octanol–water partition coefficient (Wildman–Crippen LogP) is 9.19. The summed E-state index contributed by atoms with van der Waals surface area (Å²) in [6.45, 7) is 2.97. The van der Waals surface area contributed by atoms with Crippen LogP contribution in [0.25, 0.3) is 0 Å². The first-order valence-electron chi connectivity index (χ1n) is 12.9. The first-order chi connectivity index (χ1) is 21.4. The molecule has 0 unspecified atom stereocenters. The molecule has 0 bridgehead atoms. The Morgan fingerprint density at radius 3 is 1.34 bits per heavy atom. The van der Waals surface area contributed by atoms with Crippen molar-refractivity contribution in [2.75, 3.05) is 6.61 Å². The molecular weight excluding hydrogens is 711 g/mol. The Balaban J connectivity index is 0.000000328. The smallest absolute Gasteiger partial charge is 0.460 e. The summed E-state index contributed by atoms with van der Waals surface area (Å²) in [7, 11) is -7.94. The summed E-state index contributed by atoms with van der Waals surface area (Å²) in [6, 6.07) is 30.0. The number of alkyl halides is 13. The van der Waals surface area contributed by atoms with Crippen molar-refractivity contribution in [1.29, 1.82) is 0 Å². The van der Waals surface area contributed by atoms with E-state index in [1.54, 1.807) is 0 Å². The minimum atomic E-state index is -8.29. The van der Waals surface area contributed by atoms with Crippen molar-refractivity contribution >= 4 is 21.0 Å². The number of rotatable bonds is 12. The highest BCUT2D eigenvalue weighted by molar-refractivity contribution is 7.97. The molecule has 0 heterocycles. The largest absolute Gasteiger partial charge is 0.743 e. The van der Waals surface area contributed by atoms with Crippen LogP contribution in [0.1, 0.15) is 19.8 Å². The fourth-order valence-electron chi connectivity index (χ4n) is 3.44. The molecule has 262 valence electrons. The number of ether oxygens (including phenoxy) is 1. The van der Waals surface area contributed by atoms with Crippen LogP contribution in [-0.4, -0.2) is 54.7 Å². The quantitative estimate of drug-likeness (QED) is 0.0806. The molecule has 0 spiro atoms. The summed E-state index contributed by atoms with van der Waals surface area (Å²) in [4.78, 5) is 3.99. The number of hydrogen-bond donors (Lipinski definition) is 0. The van der Waals surface area contributed by atoms with E-state index in [4.69, 9.17) is 4.74 Å². The molecule has 0 aliphatic carbocycles. The summed E-state index contributed by atoms with van der Waals surface area (Å²) < 4.78 is 195. The van der Waals surface area contributed by atoms with E-state index in [9.17, 15) is 70.0 Å². The standard InChI is InChI=1S/C22H23OS.C6HF13O3S/c1-2-3-18-23-19-14-16-22(17-15-19)24(20-10-6-4-7-11-20)21-12-8-5-9-13-21;7-1(8,3(11,12)5(15,16)17)2(9,10)4(13,14)6(18,19)23(20,21)22/h4-17H,2-3,18H2,1H3;(H,20,21,22)/q+1;/p-1. The number of benzene rings is 3. The molecule has 3 aromatic rings. The Hall–Kier alpha value is -3.19. The zero-order chi connectivity index (χ0) is 36.1. The molecule has 0 saturated carbocycles. The summed E-state index contributed by atoms with van der Waals surface area (Å²) in [5, 5.41) is -7.63. The average molecular weight is 735 g/mol. The van der Waals surface area contributed by atoms with E-state index in [0.717, 1.165) is 25.2 Å². The van der Waals surface area contributed by atoms with Gasteiger partial charge in [0.15, 0.2) is 24.8 Å². The highest BCUT2D eigenvalue weighted by atomic mass is 32.2. The van der Waals surface area contributed by atoms with Crippen LogP contribution >= 0.6 is 0 Å². The van der Waals surface area contributed by atoms with Crippen LogP contribution < -0.4 is 4.74 Å². The molecule has 0 amide bonds. The van der Waals surface area contributed by atoms with Crippen LogP contribution in [0.15, 0.2) is 99.6 Å². The molecule has 3 aromatic carbocycles. The fourth-order valence-corrected chi connectivity index (χ4v) is 5.97. The molecule has 47 heavy (non-hydrogen) atoms. The van der Waals surface area contributed by atoms with Crippen molar-refractivity contribution < 1.29 is 74.8 Å². The van der Waals surface area contributed by atoms with Gasteiger partial charge in [-0.2, -0.15) is 57.1 Å². The maximum atomic E-state index is 12.7. The lowest BCUT2D eigenvalue weighted by molar-refractivity contribution is -0.433. The van der Waals surface area contributed by atoms with Gasteiger partial charge in [0, 0.05) is 0 Å². The van der Waals surface area contributed by atoms with Crippen molar-refractivity contribution in [1.82, 2.24) is 0 Å². The van der Waals surface area contributed by atoms with Gasteiger partial charge < -0.3 is 9.29 Å². The minimum absolute atomic E-state index is 0.0858. The fraction of sp³-hybridized carbons (Fsp3) is 0.357. The molecule has 0 N–H and O–H groups in total. The summed E-state index contributed by atoms with van der Waals surface area (Å²) in [5.74, 6) is -31.7. The van der Waals surface area contributed by atoms with Gasteiger partial charge in [-0.15, -0.1) is 0 Å². The molecule has 0 aromatic heterocycles. The number of hydrogen-bond acceptors (Lipinski definition) is 4. The zero-order valence-electron chi connectivity index (χ0n) is 23.6. The third-order valence-electron chi connectivity index (χ3n) is 6.00. The van der Waals surface area contributed by atoms with E-state index >= 15 is 0 Å². The van der Waals surface area contributed by atoms with Crippen molar-refractivity contribution in [3.63, 3.8) is 0 Å².